The Morgan fingerprint density at radius 3 is 2.87 bits per heavy atom. The van der Waals surface area contributed by atoms with Gasteiger partial charge in [-0.2, -0.15) is 20.5 Å². The lowest BCUT2D eigenvalue weighted by molar-refractivity contribution is 0.107. The maximum Gasteiger partial charge on any atom is 0.319 e. The van der Waals surface area contributed by atoms with Crippen molar-refractivity contribution in [2.24, 2.45) is 5.92 Å². The van der Waals surface area contributed by atoms with Crippen LogP contribution in [0.4, 0.5) is 24.0 Å². The minimum Gasteiger partial charge on any atom is -0.489 e. The number of nitrogen functional groups attached to an aromatic ring is 1. The molecule has 2 aromatic heterocycles. The van der Waals surface area contributed by atoms with Gasteiger partial charge in [0.2, 0.25) is 0 Å². The summed E-state index contributed by atoms with van der Waals surface area (Å²) in [4.78, 5) is 13.4. The maximum absolute atomic E-state index is 17.1. The highest BCUT2D eigenvalue weighted by Gasteiger charge is 2.49. The SMILES string of the molecule is N#CCC1CC2COc3c(Cl)c(-c4ccc(F)c5sc(N)c(C#N)c45)c(F)c4nc(OC[C@@]56CCCN5C[C@H](F)C6)nc(c34)N2C1. The Morgan fingerprint density at radius 1 is 1.22 bits per heavy atom. The summed E-state index contributed by atoms with van der Waals surface area (Å²) >= 11 is 7.89. The Bertz CT molecular complexity index is 2030. The molecule has 2 N–H and O–H groups in total. The van der Waals surface area contributed by atoms with Gasteiger partial charge in [0, 0.05) is 36.9 Å². The second-order valence-electron chi connectivity index (χ2n) is 12.6. The molecule has 14 heteroatoms. The highest BCUT2D eigenvalue weighted by atomic mass is 35.5. The van der Waals surface area contributed by atoms with Crippen LogP contribution in [0.2, 0.25) is 5.02 Å². The van der Waals surface area contributed by atoms with E-state index >= 15 is 4.39 Å². The van der Waals surface area contributed by atoms with Crippen molar-refractivity contribution in [3.05, 3.63) is 34.4 Å². The number of fused-ring (bicyclic) bond motifs is 4. The molecule has 8 rings (SSSR count). The summed E-state index contributed by atoms with van der Waals surface area (Å²) in [6, 6.07) is 6.57. The van der Waals surface area contributed by atoms with Crippen LogP contribution in [0, 0.1) is 40.2 Å². The first kappa shape index (κ1) is 29.4. The molecule has 0 bridgehead atoms. The molecule has 0 amide bonds. The lowest BCUT2D eigenvalue weighted by Crippen LogP contribution is -2.43. The second kappa shape index (κ2) is 10.8. The van der Waals surface area contributed by atoms with Crippen LogP contribution >= 0.6 is 22.9 Å². The molecule has 4 aliphatic rings. The molecule has 9 nitrogen and oxygen atoms in total. The van der Waals surface area contributed by atoms with E-state index in [1.165, 1.54) is 12.1 Å². The number of alkyl halides is 1. The van der Waals surface area contributed by atoms with Crippen LogP contribution < -0.4 is 20.1 Å². The number of halogens is 4. The van der Waals surface area contributed by atoms with E-state index in [2.05, 4.69) is 16.0 Å². The third-order valence-electron chi connectivity index (χ3n) is 9.95. The van der Waals surface area contributed by atoms with E-state index in [0.717, 1.165) is 30.7 Å². The standard InChI is InChI=1S/C32H27ClF3N7O2S/c33-24-22(18-2-3-20(35)28-21(18)19(10-38)29(39)46-28)25(36)26-23-27(24)44-13-17-8-15(4-6-37)11-43(17)30(23)41-31(40-26)45-14-32-5-1-7-42(32)12-16(34)9-32/h2-3,15-17H,1,4-5,7-9,11-14,39H2/t15?,16-,17?,32+/m1/s1. The molecule has 0 aliphatic carbocycles. The van der Waals surface area contributed by atoms with E-state index in [1.54, 1.807) is 0 Å². The zero-order valence-corrected chi connectivity index (χ0v) is 26.0. The number of ether oxygens (including phenoxy) is 2. The first-order valence-corrected chi connectivity index (χ1v) is 16.3. The third kappa shape index (κ3) is 4.29. The predicted molar refractivity (Wildman–Crippen MR) is 168 cm³/mol. The molecule has 2 unspecified atom stereocenters. The summed E-state index contributed by atoms with van der Waals surface area (Å²) in [6.45, 7) is 1.96. The smallest absolute Gasteiger partial charge is 0.319 e. The van der Waals surface area contributed by atoms with Crippen molar-refractivity contribution in [2.45, 2.75) is 49.9 Å². The van der Waals surface area contributed by atoms with Crippen LogP contribution in [-0.2, 0) is 0 Å². The quantitative estimate of drug-likeness (QED) is 0.260. The molecule has 4 aliphatic heterocycles. The van der Waals surface area contributed by atoms with Crippen LogP contribution in [-0.4, -0.2) is 65.5 Å². The molecule has 46 heavy (non-hydrogen) atoms. The van der Waals surface area contributed by atoms with Crippen molar-refractivity contribution >= 4 is 54.7 Å². The van der Waals surface area contributed by atoms with E-state index in [9.17, 15) is 19.3 Å². The maximum atomic E-state index is 17.1. The summed E-state index contributed by atoms with van der Waals surface area (Å²) < 4.78 is 59.1. The molecule has 0 saturated carbocycles. The van der Waals surface area contributed by atoms with Crippen LogP contribution in [0.25, 0.3) is 32.1 Å². The number of benzene rings is 2. The lowest BCUT2D eigenvalue weighted by atomic mass is 9.95. The first-order chi connectivity index (χ1) is 22.2. The fourth-order valence-corrected chi connectivity index (χ4v) is 9.21. The van der Waals surface area contributed by atoms with Gasteiger partial charge in [-0.05, 0) is 43.4 Å². The normalized spacial score (nSPS) is 25.3. The Kier molecular flexibility index (Phi) is 6.87. The van der Waals surface area contributed by atoms with E-state index < -0.39 is 23.3 Å². The summed E-state index contributed by atoms with van der Waals surface area (Å²) in [6.07, 6.45) is 2.10. The van der Waals surface area contributed by atoms with Gasteiger partial charge in [0.25, 0.3) is 0 Å². The van der Waals surface area contributed by atoms with Gasteiger partial charge < -0.3 is 20.1 Å². The molecule has 0 spiro atoms. The van der Waals surface area contributed by atoms with Gasteiger partial charge in [0.1, 0.15) is 47.6 Å². The average molecular weight is 666 g/mol. The summed E-state index contributed by atoms with van der Waals surface area (Å²) in [5, 5.41) is 19.7. The highest BCUT2D eigenvalue weighted by Crippen LogP contribution is 2.52. The Morgan fingerprint density at radius 2 is 2.07 bits per heavy atom. The van der Waals surface area contributed by atoms with Crippen LogP contribution in [0.1, 0.15) is 37.7 Å². The number of nitrogens with two attached hydrogens (primary N) is 1. The number of aromatic nitrogens is 2. The van der Waals surface area contributed by atoms with Crippen molar-refractivity contribution in [3.63, 3.8) is 0 Å². The minimum atomic E-state index is -0.952. The van der Waals surface area contributed by atoms with E-state index in [4.69, 9.17) is 31.8 Å². The number of thiophene rings is 1. The van der Waals surface area contributed by atoms with Crippen molar-refractivity contribution in [3.8, 4) is 35.0 Å². The fraction of sp³-hybridized carbons (Fsp3) is 0.438. The van der Waals surface area contributed by atoms with Crippen molar-refractivity contribution in [1.29, 1.82) is 10.5 Å². The molecule has 4 atom stereocenters. The molecular formula is C32H27ClF3N7O2S. The van der Waals surface area contributed by atoms with Gasteiger partial charge in [-0.15, -0.1) is 11.3 Å². The summed E-state index contributed by atoms with van der Waals surface area (Å²) in [5.41, 5.74) is 5.56. The van der Waals surface area contributed by atoms with Crippen molar-refractivity contribution in [2.75, 3.05) is 43.5 Å². The van der Waals surface area contributed by atoms with Gasteiger partial charge in [0.05, 0.1) is 38.3 Å². The lowest BCUT2D eigenvalue weighted by Gasteiger charge is -2.31. The molecule has 2 aromatic carbocycles. The highest BCUT2D eigenvalue weighted by molar-refractivity contribution is 7.23. The molecule has 236 valence electrons. The fourth-order valence-electron chi connectivity index (χ4n) is 7.92. The Balaban J connectivity index is 1.34. The van der Waals surface area contributed by atoms with E-state index in [-0.39, 0.29) is 84.6 Å². The molecule has 3 saturated heterocycles. The molecule has 6 heterocycles. The summed E-state index contributed by atoms with van der Waals surface area (Å²) in [7, 11) is 0. The Labute approximate surface area is 270 Å². The molecule has 4 aromatic rings. The van der Waals surface area contributed by atoms with Gasteiger partial charge >= 0.3 is 6.01 Å². The van der Waals surface area contributed by atoms with E-state index in [0.29, 0.717) is 38.2 Å². The summed E-state index contributed by atoms with van der Waals surface area (Å²) in [5.74, 6) is -0.821. The average Bonchev–Trinajstić information content (AvgIpc) is 3.76. The second-order valence-corrected chi connectivity index (χ2v) is 14.0. The Hall–Kier alpha value is -4.04. The van der Waals surface area contributed by atoms with Gasteiger partial charge in [-0.1, -0.05) is 17.7 Å². The van der Waals surface area contributed by atoms with Gasteiger partial charge in [-0.3, -0.25) is 4.90 Å². The number of nitrogens with zero attached hydrogens (tertiary/aromatic N) is 6. The molecular weight excluding hydrogens is 639 g/mol. The monoisotopic (exact) mass is 665 g/mol. The zero-order valence-electron chi connectivity index (χ0n) is 24.5. The minimum absolute atomic E-state index is 0.0246. The molecule has 0 radical (unpaired) electrons. The van der Waals surface area contributed by atoms with Crippen LogP contribution in [0.3, 0.4) is 0 Å². The van der Waals surface area contributed by atoms with Crippen molar-refractivity contribution in [1.82, 2.24) is 14.9 Å². The first-order valence-electron chi connectivity index (χ1n) is 15.1. The largest absolute Gasteiger partial charge is 0.489 e. The molecule has 3 fully saturated rings. The van der Waals surface area contributed by atoms with Crippen LogP contribution in [0.5, 0.6) is 11.8 Å². The zero-order chi connectivity index (χ0) is 31.9. The number of anilines is 2. The third-order valence-corrected chi connectivity index (χ3v) is 11.3. The predicted octanol–water partition coefficient (Wildman–Crippen LogP) is 6.35. The topological polar surface area (TPSA) is 124 Å². The number of nitriles is 2. The van der Waals surface area contributed by atoms with Crippen LogP contribution in [0.15, 0.2) is 12.1 Å². The van der Waals surface area contributed by atoms with Crippen molar-refractivity contribution < 1.29 is 22.6 Å². The van der Waals surface area contributed by atoms with Gasteiger partial charge in [-0.25, -0.2) is 13.2 Å². The van der Waals surface area contributed by atoms with Gasteiger partial charge in [0.15, 0.2) is 11.6 Å². The number of rotatable bonds is 5. The van der Waals surface area contributed by atoms with E-state index in [1.807, 2.05) is 11.0 Å². The number of hydrogen-bond acceptors (Lipinski definition) is 10. The number of hydrogen-bond donors (Lipinski definition) is 1.